The van der Waals surface area contributed by atoms with Crippen molar-refractivity contribution in [2.45, 2.75) is 25.8 Å². The average molecular weight is 298 g/mol. The molecular formula is C17H22N4O. The van der Waals surface area contributed by atoms with Crippen molar-refractivity contribution in [1.82, 2.24) is 14.5 Å². The average Bonchev–Trinajstić information content (AvgIpc) is 3.09. The van der Waals surface area contributed by atoms with Crippen molar-refractivity contribution in [3.05, 3.63) is 48.5 Å². The van der Waals surface area contributed by atoms with Crippen LogP contribution in [0.15, 0.2) is 43.0 Å². The summed E-state index contributed by atoms with van der Waals surface area (Å²) in [6, 6.07) is 7.80. The van der Waals surface area contributed by atoms with Crippen LogP contribution in [0.1, 0.15) is 30.1 Å². The van der Waals surface area contributed by atoms with Gasteiger partial charge in [-0.15, -0.1) is 0 Å². The second kappa shape index (κ2) is 6.32. The normalized spacial score (nSPS) is 19.9. The lowest BCUT2D eigenvalue weighted by atomic mass is 9.92. The zero-order chi connectivity index (χ0) is 15.5. The zero-order valence-electron chi connectivity index (χ0n) is 12.9. The SMILES string of the molecule is C[C@H](N)[C@H]1CCCN(C(=O)c2ccc(-n3ccnc3)cc2)C1. The fourth-order valence-electron chi connectivity index (χ4n) is 2.99. The lowest BCUT2D eigenvalue weighted by molar-refractivity contribution is 0.0661. The number of nitrogens with two attached hydrogens (primary N) is 1. The molecule has 1 fully saturated rings. The second-order valence-electron chi connectivity index (χ2n) is 6.03. The second-order valence-corrected chi connectivity index (χ2v) is 6.03. The summed E-state index contributed by atoms with van der Waals surface area (Å²) in [5.74, 6) is 0.505. The van der Waals surface area contributed by atoms with Crippen LogP contribution in [0.2, 0.25) is 0 Å². The first-order valence-electron chi connectivity index (χ1n) is 7.78. The summed E-state index contributed by atoms with van der Waals surface area (Å²) < 4.78 is 1.92. The fraction of sp³-hybridized carbons (Fsp3) is 0.412. The number of amides is 1. The van der Waals surface area contributed by atoms with E-state index in [0.717, 1.165) is 37.2 Å². The molecule has 2 N–H and O–H groups in total. The molecule has 1 amide bonds. The monoisotopic (exact) mass is 298 g/mol. The number of carbonyl (C=O) groups excluding carboxylic acids is 1. The molecule has 1 saturated heterocycles. The van der Waals surface area contributed by atoms with Crippen LogP contribution in [0.4, 0.5) is 0 Å². The molecule has 0 radical (unpaired) electrons. The molecule has 2 aromatic rings. The van der Waals surface area contributed by atoms with Crippen molar-refractivity contribution in [3.63, 3.8) is 0 Å². The minimum absolute atomic E-state index is 0.0996. The van der Waals surface area contributed by atoms with Gasteiger partial charge in [-0.3, -0.25) is 4.79 Å². The molecule has 1 aliphatic heterocycles. The molecule has 3 rings (SSSR count). The van der Waals surface area contributed by atoms with Gasteiger partial charge in [0.15, 0.2) is 0 Å². The van der Waals surface area contributed by atoms with Gasteiger partial charge in [0.25, 0.3) is 5.91 Å². The number of carbonyl (C=O) groups is 1. The highest BCUT2D eigenvalue weighted by Gasteiger charge is 2.26. The number of hydrogen-bond acceptors (Lipinski definition) is 3. The van der Waals surface area contributed by atoms with Crippen molar-refractivity contribution in [1.29, 1.82) is 0 Å². The van der Waals surface area contributed by atoms with E-state index in [2.05, 4.69) is 4.98 Å². The Labute approximate surface area is 130 Å². The van der Waals surface area contributed by atoms with Crippen LogP contribution in [-0.4, -0.2) is 39.5 Å². The van der Waals surface area contributed by atoms with E-state index in [0.29, 0.717) is 5.92 Å². The zero-order valence-corrected chi connectivity index (χ0v) is 12.9. The highest BCUT2D eigenvalue weighted by molar-refractivity contribution is 5.94. The van der Waals surface area contributed by atoms with Gasteiger partial charge < -0.3 is 15.2 Å². The van der Waals surface area contributed by atoms with E-state index < -0.39 is 0 Å². The van der Waals surface area contributed by atoms with Crippen molar-refractivity contribution in [2.75, 3.05) is 13.1 Å². The largest absolute Gasteiger partial charge is 0.338 e. The van der Waals surface area contributed by atoms with E-state index in [-0.39, 0.29) is 11.9 Å². The minimum atomic E-state index is 0.0996. The molecule has 5 heteroatoms. The fourth-order valence-corrected chi connectivity index (χ4v) is 2.99. The molecule has 1 aliphatic rings. The Morgan fingerprint density at radius 2 is 2.14 bits per heavy atom. The first-order chi connectivity index (χ1) is 10.6. The predicted octanol–water partition coefficient (Wildman–Crippen LogP) is 2.07. The summed E-state index contributed by atoms with van der Waals surface area (Å²) in [6.45, 7) is 3.61. The van der Waals surface area contributed by atoms with E-state index in [9.17, 15) is 4.79 Å². The van der Waals surface area contributed by atoms with Gasteiger partial charge in [-0.25, -0.2) is 4.98 Å². The quantitative estimate of drug-likeness (QED) is 0.943. The van der Waals surface area contributed by atoms with E-state index in [1.54, 1.807) is 12.5 Å². The van der Waals surface area contributed by atoms with E-state index in [1.165, 1.54) is 0 Å². The standard InChI is InChI=1S/C17H22N4O/c1-13(18)15-3-2-9-20(11-15)17(22)14-4-6-16(7-5-14)21-10-8-19-12-21/h4-8,10,12-13,15H,2-3,9,11,18H2,1H3/t13-,15-/m0/s1. The van der Waals surface area contributed by atoms with Crippen molar-refractivity contribution in [3.8, 4) is 5.69 Å². The number of nitrogens with zero attached hydrogens (tertiary/aromatic N) is 3. The van der Waals surface area contributed by atoms with Gasteiger partial charge >= 0.3 is 0 Å². The maximum atomic E-state index is 12.6. The lowest BCUT2D eigenvalue weighted by Crippen LogP contribution is -2.45. The molecular weight excluding hydrogens is 276 g/mol. The number of imidazole rings is 1. The van der Waals surface area contributed by atoms with Gasteiger partial charge in [0.1, 0.15) is 0 Å². The Morgan fingerprint density at radius 3 is 2.77 bits per heavy atom. The number of likely N-dealkylation sites (tertiary alicyclic amines) is 1. The Kier molecular flexibility index (Phi) is 4.24. The summed E-state index contributed by atoms with van der Waals surface area (Å²) in [7, 11) is 0. The third-order valence-corrected chi connectivity index (χ3v) is 4.41. The summed E-state index contributed by atoms with van der Waals surface area (Å²) in [4.78, 5) is 18.6. The van der Waals surface area contributed by atoms with Gasteiger partial charge in [0.05, 0.1) is 6.33 Å². The summed E-state index contributed by atoms with van der Waals surface area (Å²) in [6.07, 6.45) is 7.51. The summed E-state index contributed by atoms with van der Waals surface area (Å²) in [5, 5.41) is 0. The third-order valence-electron chi connectivity index (χ3n) is 4.41. The van der Waals surface area contributed by atoms with E-state index in [4.69, 9.17) is 5.73 Å². The Hall–Kier alpha value is -2.14. The van der Waals surface area contributed by atoms with Gasteiger partial charge in [0, 0.05) is 42.8 Å². The Morgan fingerprint density at radius 1 is 1.36 bits per heavy atom. The number of hydrogen-bond donors (Lipinski definition) is 1. The molecule has 22 heavy (non-hydrogen) atoms. The number of benzene rings is 1. The van der Waals surface area contributed by atoms with Crippen molar-refractivity contribution in [2.24, 2.45) is 11.7 Å². The van der Waals surface area contributed by atoms with Gasteiger partial charge in [-0.1, -0.05) is 0 Å². The first kappa shape index (κ1) is 14.8. The van der Waals surface area contributed by atoms with Crippen LogP contribution in [-0.2, 0) is 0 Å². The Bertz CT molecular complexity index is 619. The molecule has 116 valence electrons. The number of rotatable bonds is 3. The van der Waals surface area contributed by atoms with Gasteiger partial charge in [-0.05, 0) is 49.9 Å². The van der Waals surface area contributed by atoms with Crippen LogP contribution < -0.4 is 5.73 Å². The van der Waals surface area contributed by atoms with Crippen LogP contribution in [0.5, 0.6) is 0 Å². The third kappa shape index (κ3) is 3.04. The van der Waals surface area contributed by atoms with Crippen molar-refractivity contribution >= 4 is 5.91 Å². The van der Waals surface area contributed by atoms with E-state index in [1.807, 2.05) is 46.9 Å². The first-order valence-corrected chi connectivity index (χ1v) is 7.78. The smallest absolute Gasteiger partial charge is 0.253 e. The molecule has 1 aromatic carbocycles. The molecule has 0 aliphatic carbocycles. The van der Waals surface area contributed by atoms with Gasteiger partial charge in [-0.2, -0.15) is 0 Å². The van der Waals surface area contributed by atoms with Crippen LogP contribution >= 0.6 is 0 Å². The number of aromatic nitrogens is 2. The molecule has 0 saturated carbocycles. The van der Waals surface area contributed by atoms with Crippen LogP contribution in [0.3, 0.4) is 0 Å². The topological polar surface area (TPSA) is 64.2 Å². The molecule has 0 spiro atoms. The lowest BCUT2D eigenvalue weighted by Gasteiger charge is -2.34. The molecule has 0 unspecified atom stereocenters. The molecule has 2 atom stereocenters. The molecule has 0 bridgehead atoms. The number of piperidine rings is 1. The van der Waals surface area contributed by atoms with Gasteiger partial charge in [0.2, 0.25) is 0 Å². The highest BCUT2D eigenvalue weighted by atomic mass is 16.2. The maximum Gasteiger partial charge on any atom is 0.253 e. The summed E-state index contributed by atoms with van der Waals surface area (Å²) in [5.41, 5.74) is 7.73. The molecule has 1 aromatic heterocycles. The van der Waals surface area contributed by atoms with Crippen LogP contribution in [0.25, 0.3) is 5.69 Å². The highest BCUT2D eigenvalue weighted by Crippen LogP contribution is 2.21. The minimum Gasteiger partial charge on any atom is -0.338 e. The maximum absolute atomic E-state index is 12.6. The predicted molar refractivity (Wildman–Crippen MR) is 85.8 cm³/mol. The molecule has 2 heterocycles. The van der Waals surface area contributed by atoms with E-state index >= 15 is 0 Å². The van der Waals surface area contributed by atoms with Crippen molar-refractivity contribution < 1.29 is 4.79 Å². The summed E-state index contributed by atoms with van der Waals surface area (Å²) >= 11 is 0. The molecule has 5 nitrogen and oxygen atoms in total. The van der Waals surface area contributed by atoms with Crippen LogP contribution in [0, 0.1) is 5.92 Å². The Balaban J connectivity index is 1.72.